The van der Waals surface area contributed by atoms with Crippen LogP contribution in [0.25, 0.3) is 0 Å². The first-order chi connectivity index (χ1) is 12.5. The van der Waals surface area contributed by atoms with Crippen LogP contribution < -0.4 is 0 Å². The van der Waals surface area contributed by atoms with Crippen LogP contribution in [0.2, 0.25) is 0 Å². The summed E-state index contributed by atoms with van der Waals surface area (Å²) in [5.41, 5.74) is 3.02. The van der Waals surface area contributed by atoms with E-state index in [0.29, 0.717) is 26.1 Å². The standard InChI is InChI=1S/C21H26N2O2S/c1-16-5-7-19(17(2)14-16)20(24)15-22-9-11-23(12-10-22)21(25)8-6-18-4-3-13-26-18/h3-5,7,13-14H,6,8-12,15H2,1-2H3. The first kappa shape index (κ1) is 18.8. The summed E-state index contributed by atoms with van der Waals surface area (Å²) in [4.78, 5) is 30.3. The molecule has 4 nitrogen and oxygen atoms in total. The molecule has 138 valence electrons. The zero-order chi connectivity index (χ0) is 18.5. The number of rotatable bonds is 6. The average molecular weight is 371 g/mol. The van der Waals surface area contributed by atoms with E-state index in [1.807, 2.05) is 42.3 Å². The lowest BCUT2D eigenvalue weighted by Gasteiger charge is -2.34. The second-order valence-corrected chi connectivity index (χ2v) is 8.01. The maximum atomic E-state index is 12.6. The van der Waals surface area contributed by atoms with Crippen LogP contribution in [0.1, 0.15) is 32.8 Å². The van der Waals surface area contributed by atoms with Gasteiger partial charge in [-0.3, -0.25) is 14.5 Å². The highest BCUT2D eigenvalue weighted by Gasteiger charge is 2.23. The van der Waals surface area contributed by atoms with Gasteiger partial charge in [-0.25, -0.2) is 0 Å². The van der Waals surface area contributed by atoms with Gasteiger partial charge in [-0.2, -0.15) is 0 Å². The second kappa shape index (κ2) is 8.60. The molecule has 1 aliphatic heterocycles. The minimum atomic E-state index is 0.167. The van der Waals surface area contributed by atoms with Gasteiger partial charge in [0.25, 0.3) is 0 Å². The van der Waals surface area contributed by atoms with E-state index in [0.717, 1.165) is 30.6 Å². The molecule has 2 aromatic rings. The molecule has 1 aromatic carbocycles. The lowest BCUT2D eigenvalue weighted by Crippen LogP contribution is -2.50. The highest BCUT2D eigenvalue weighted by molar-refractivity contribution is 7.09. The number of benzene rings is 1. The van der Waals surface area contributed by atoms with Gasteiger partial charge >= 0.3 is 0 Å². The van der Waals surface area contributed by atoms with Crippen molar-refractivity contribution < 1.29 is 9.59 Å². The van der Waals surface area contributed by atoms with Crippen LogP contribution in [0.15, 0.2) is 35.7 Å². The van der Waals surface area contributed by atoms with Crippen molar-refractivity contribution in [3.05, 3.63) is 57.3 Å². The largest absolute Gasteiger partial charge is 0.340 e. The number of thiophene rings is 1. The molecule has 1 aromatic heterocycles. The van der Waals surface area contributed by atoms with Gasteiger partial charge in [0.15, 0.2) is 5.78 Å². The normalized spacial score (nSPS) is 15.2. The number of hydrogen-bond acceptors (Lipinski definition) is 4. The number of hydrogen-bond donors (Lipinski definition) is 0. The van der Waals surface area contributed by atoms with Gasteiger partial charge in [0.2, 0.25) is 5.91 Å². The van der Waals surface area contributed by atoms with Crippen molar-refractivity contribution in [2.45, 2.75) is 26.7 Å². The van der Waals surface area contributed by atoms with E-state index in [1.54, 1.807) is 11.3 Å². The fraction of sp³-hybridized carbons (Fsp3) is 0.429. The van der Waals surface area contributed by atoms with Crippen molar-refractivity contribution in [1.29, 1.82) is 0 Å². The van der Waals surface area contributed by atoms with Crippen molar-refractivity contribution in [3.8, 4) is 0 Å². The molecule has 1 fully saturated rings. The van der Waals surface area contributed by atoms with Crippen molar-refractivity contribution in [1.82, 2.24) is 9.80 Å². The maximum absolute atomic E-state index is 12.6. The Labute approximate surface area is 159 Å². The molecular weight excluding hydrogens is 344 g/mol. The number of amides is 1. The van der Waals surface area contributed by atoms with E-state index in [9.17, 15) is 9.59 Å². The molecule has 0 saturated carbocycles. The van der Waals surface area contributed by atoms with Crippen molar-refractivity contribution in [2.75, 3.05) is 32.7 Å². The van der Waals surface area contributed by atoms with E-state index < -0.39 is 0 Å². The number of piperazine rings is 1. The van der Waals surface area contributed by atoms with E-state index >= 15 is 0 Å². The quantitative estimate of drug-likeness (QED) is 0.733. The van der Waals surface area contributed by atoms with Crippen LogP contribution in [0, 0.1) is 13.8 Å². The van der Waals surface area contributed by atoms with E-state index in [-0.39, 0.29) is 11.7 Å². The minimum Gasteiger partial charge on any atom is -0.340 e. The van der Waals surface area contributed by atoms with E-state index in [2.05, 4.69) is 17.0 Å². The molecule has 1 saturated heterocycles. The summed E-state index contributed by atoms with van der Waals surface area (Å²) < 4.78 is 0. The Morgan fingerprint density at radius 3 is 2.50 bits per heavy atom. The molecule has 2 heterocycles. The lowest BCUT2D eigenvalue weighted by molar-refractivity contribution is -0.132. The highest BCUT2D eigenvalue weighted by Crippen LogP contribution is 2.14. The summed E-state index contributed by atoms with van der Waals surface area (Å²) in [5.74, 6) is 0.388. The molecule has 1 aliphatic rings. The number of aryl methyl sites for hydroxylation is 3. The Morgan fingerprint density at radius 1 is 1.08 bits per heavy atom. The number of nitrogens with zero attached hydrogens (tertiary/aromatic N) is 2. The van der Waals surface area contributed by atoms with Crippen LogP contribution in [0.4, 0.5) is 0 Å². The third-order valence-electron chi connectivity index (χ3n) is 4.94. The van der Waals surface area contributed by atoms with Crippen LogP contribution in [0.3, 0.4) is 0 Å². The molecule has 26 heavy (non-hydrogen) atoms. The summed E-state index contributed by atoms with van der Waals surface area (Å²) >= 11 is 1.70. The van der Waals surface area contributed by atoms with E-state index in [4.69, 9.17) is 0 Å². The molecule has 5 heteroatoms. The highest BCUT2D eigenvalue weighted by atomic mass is 32.1. The van der Waals surface area contributed by atoms with Gasteiger partial charge in [0.1, 0.15) is 0 Å². The Balaban J connectivity index is 1.46. The van der Waals surface area contributed by atoms with Crippen LogP contribution >= 0.6 is 11.3 Å². The second-order valence-electron chi connectivity index (χ2n) is 6.98. The minimum absolute atomic E-state index is 0.167. The third-order valence-corrected chi connectivity index (χ3v) is 5.88. The van der Waals surface area contributed by atoms with Gasteiger partial charge in [-0.15, -0.1) is 11.3 Å². The van der Waals surface area contributed by atoms with Gasteiger partial charge in [-0.05, 0) is 37.3 Å². The summed E-state index contributed by atoms with van der Waals surface area (Å²) in [6.07, 6.45) is 1.39. The molecule has 3 rings (SSSR count). The Kier molecular flexibility index (Phi) is 6.22. The average Bonchev–Trinajstić information content (AvgIpc) is 3.13. The number of ketones is 1. The summed E-state index contributed by atoms with van der Waals surface area (Å²) in [6.45, 7) is 7.41. The first-order valence-electron chi connectivity index (χ1n) is 9.16. The van der Waals surface area contributed by atoms with Crippen LogP contribution in [-0.2, 0) is 11.2 Å². The van der Waals surface area contributed by atoms with Gasteiger partial charge in [-0.1, -0.05) is 29.8 Å². The van der Waals surface area contributed by atoms with Gasteiger partial charge < -0.3 is 4.90 Å². The summed E-state index contributed by atoms with van der Waals surface area (Å²) in [7, 11) is 0. The number of carbonyl (C=O) groups excluding carboxylic acids is 2. The number of Topliss-reactive ketones (excluding diaryl/α,β-unsaturated/α-hetero) is 1. The molecular formula is C21H26N2O2S. The lowest BCUT2D eigenvalue weighted by atomic mass is 10.0. The smallest absolute Gasteiger partial charge is 0.223 e. The maximum Gasteiger partial charge on any atom is 0.223 e. The monoisotopic (exact) mass is 370 g/mol. The first-order valence-corrected chi connectivity index (χ1v) is 10.0. The third kappa shape index (κ3) is 4.80. The molecule has 0 unspecified atom stereocenters. The van der Waals surface area contributed by atoms with Crippen molar-refractivity contribution in [3.63, 3.8) is 0 Å². The Bertz CT molecular complexity index is 762. The molecule has 0 spiro atoms. The zero-order valence-electron chi connectivity index (χ0n) is 15.5. The van der Waals surface area contributed by atoms with E-state index in [1.165, 1.54) is 10.4 Å². The van der Waals surface area contributed by atoms with Crippen molar-refractivity contribution >= 4 is 23.0 Å². The van der Waals surface area contributed by atoms with Crippen LogP contribution in [-0.4, -0.2) is 54.2 Å². The predicted molar refractivity (Wildman–Crippen MR) is 106 cm³/mol. The van der Waals surface area contributed by atoms with Gasteiger partial charge in [0.05, 0.1) is 6.54 Å². The van der Waals surface area contributed by atoms with Crippen LogP contribution in [0.5, 0.6) is 0 Å². The predicted octanol–water partition coefficient (Wildman–Crippen LogP) is 3.32. The molecule has 1 amide bonds. The Morgan fingerprint density at radius 2 is 1.85 bits per heavy atom. The summed E-state index contributed by atoms with van der Waals surface area (Å²) in [6, 6.07) is 10.1. The zero-order valence-corrected chi connectivity index (χ0v) is 16.3. The molecule has 0 N–H and O–H groups in total. The SMILES string of the molecule is Cc1ccc(C(=O)CN2CCN(C(=O)CCc3cccs3)CC2)c(C)c1. The number of carbonyl (C=O) groups is 2. The molecule has 0 bridgehead atoms. The van der Waals surface area contributed by atoms with Gasteiger partial charge in [0, 0.05) is 43.0 Å². The molecule has 0 aliphatic carbocycles. The summed E-state index contributed by atoms with van der Waals surface area (Å²) in [5, 5.41) is 2.05. The Hall–Kier alpha value is -1.98. The van der Waals surface area contributed by atoms with Crippen molar-refractivity contribution in [2.24, 2.45) is 0 Å². The fourth-order valence-electron chi connectivity index (χ4n) is 3.41. The molecule has 0 atom stereocenters. The fourth-order valence-corrected chi connectivity index (χ4v) is 4.12. The topological polar surface area (TPSA) is 40.6 Å². The molecule has 0 radical (unpaired) electrons.